The van der Waals surface area contributed by atoms with Gasteiger partial charge in [0.15, 0.2) is 0 Å². The summed E-state index contributed by atoms with van der Waals surface area (Å²) < 4.78 is 13.1. The standard InChI is InChI=1S/C31H34N8O2/c1-21(2)41-30-6-3-22(14-34-30)17-38-26-11-27(38)19-37(18-26)29-5-4-23(15-33-29)28-12-25(36-7-9-40-10-8-36)20-39-31(28)24(13-32)16-35-39/h3-6,12,14-16,20-21,26-27H,7-11,17-19H2,1-2H3. The highest BCUT2D eigenvalue weighted by Gasteiger charge is 2.44. The van der Waals surface area contributed by atoms with E-state index >= 15 is 0 Å². The van der Waals surface area contributed by atoms with Gasteiger partial charge >= 0.3 is 0 Å². The summed E-state index contributed by atoms with van der Waals surface area (Å²) in [7, 11) is 0. The Morgan fingerprint density at radius 2 is 1.85 bits per heavy atom. The number of fused-ring (bicyclic) bond motifs is 3. The third-order valence-electron chi connectivity index (χ3n) is 8.34. The van der Waals surface area contributed by atoms with Gasteiger partial charge in [0, 0.05) is 74.4 Å². The SMILES string of the molecule is CC(C)Oc1ccc(CN2C3CC2CN(c2ccc(-c4cc(N5CCOCC5)cn5ncc(C#N)c45)cn2)C3)cn1. The van der Waals surface area contributed by atoms with Crippen molar-refractivity contribution in [2.24, 2.45) is 0 Å². The van der Waals surface area contributed by atoms with E-state index in [0.717, 1.165) is 60.9 Å². The van der Waals surface area contributed by atoms with Gasteiger partial charge < -0.3 is 19.3 Å². The summed E-state index contributed by atoms with van der Waals surface area (Å²) in [5.74, 6) is 1.67. The van der Waals surface area contributed by atoms with Crippen molar-refractivity contribution in [2.45, 2.75) is 45.0 Å². The Bertz CT molecular complexity index is 1560. The molecule has 4 aromatic heterocycles. The van der Waals surface area contributed by atoms with Gasteiger partial charge in [-0.3, -0.25) is 4.90 Å². The molecule has 0 saturated carbocycles. The van der Waals surface area contributed by atoms with Gasteiger partial charge in [-0.1, -0.05) is 6.07 Å². The number of pyridine rings is 3. The number of nitrogens with zero attached hydrogens (tertiary/aromatic N) is 8. The Balaban J connectivity index is 1.07. The van der Waals surface area contributed by atoms with Crippen molar-refractivity contribution >= 4 is 17.0 Å². The van der Waals surface area contributed by atoms with Gasteiger partial charge in [0.2, 0.25) is 5.88 Å². The summed E-state index contributed by atoms with van der Waals surface area (Å²) in [6.07, 6.45) is 8.86. The van der Waals surface area contributed by atoms with Crippen LogP contribution in [0.3, 0.4) is 0 Å². The normalized spacial score (nSPS) is 20.7. The predicted octanol–water partition coefficient (Wildman–Crippen LogP) is 3.75. The lowest BCUT2D eigenvalue weighted by atomic mass is 9.87. The third kappa shape index (κ3) is 4.96. The molecule has 4 aliphatic heterocycles. The second-order valence-electron chi connectivity index (χ2n) is 11.4. The van der Waals surface area contributed by atoms with Crippen LogP contribution >= 0.6 is 0 Å². The number of aromatic nitrogens is 4. The predicted molar refractivity (Wildman–Crippen MR) is 156 cm³/mol. The van der Waals surface area contributed by atoms with Gasteiger partial charge in [-0.25, -0.2) is 14.5 Å². The number of anilines is 2. The summed E-state index contributed by atoms with van der Waals surface area (Å²) in [6, 6.07) is 13.8. The van der Waals surface area contributed by atoms with Crippen LogP contribution in [-0.2, 0) is 11.3 Å². The van der Waals surface area contributed by atoms with Gasteiger partial charge in [-0.2, -0.15) is 10.4 Å². The first-order valence-electron chi connectivity index (χ1n) is 14.4. The molecule has 8 rings (SSSR count). The van der Waals surface area contributed by atoms with E-state index in [9.17, 15) is 5.26 Å². The molecule has 210 valence electrons. The summed E-state index contributed by atoms with van der Waals surface area (Å²) in [5, 5.41) is 14.2. The van der Waals surface area contributed by atoms with Crippen LogP contribution in [0.2, 0.25) is 0 Å². The van der Waals surface area contributed by atoms with Crippen molar-refractivity contribution in [1.29, 1.82) is 5.26 Å². The average molecular weight is 551 g/mol. The van der Waals surface area contributed by atoms with Crippen molar-refractivity contribution in [1.82, 2.24) is 24.5 Å². The second kappa shape index (κ2) is 10.7. The molecule has 4 fully saturated rings. The van der Waals surface area contributed by atoms with Crippen LogP contribution < -0.4 is 14.5 Å². The van der Waals surface area contributed by atoms with Crippen molar-refractivity contribution in [3.05, 3.63) is 66.2 Å². The number of nitriles is 1. The van der Waals surface area contributed by atoms with Gasteiger partial charge in [-0.05, 0) is 44.0 Å². The molecule has 2 unspecified atom stereocenters. The molecule has 0 amide bonds. The molecule has 4 aromatic rings. The number of piperazine rings is 1. The lowest BCUT2D eigenvalue weighted by molar-refractivity contribution is -0.00877. The van der Waals surface area contributed by atoms with Crippen LogP contribution in [0.4, 0.5) is 11.5 Å². The zero-order valence-electron chi connectivity index (χ0n) is 23.5. The summed E-state index contributed by atoms with van der Waals surface area (Å²) in [6.45, 7) is 9.93. The first-order chi connectivity index (χ1) is 20.1. The Labute approximate surface area is 239 Å². The second-order valence-corrected chi connectivity index (χ2v) is 11.4. The van der Waals surface area contributed by atoms with Crippen LogP contribution in [0.15, 0.2) is 55.1 Å². The molecule has 0 spiro atoms. The highest BCUT2D eigenvalue weighted by atomic mass is 16.5. The zero-order valence-corrected chi connectivity index (χ0v) is 23.5. The van der Waals surface area contributed by atoms with E-state index in [1.165, 1.54) is 12.0 Å². The third-order valence-corrected chi connectivity index (χ3v) is 8.34. The molecule has 4 saturated heterocycles. The molecule has 0 aliphatic carbocycles. The minimum Gasteiger partial charge on any atom is -0.475 e. The number of rotatable bonds is 7. The molecule has 0 aromatic carbocycles. The number of morpholine rings is 1. The maximum absolute atomic E-state index is 9.75. The van der Waals surface area contributed by atoms with E-state index in [0.29, 0.717) is 36.7 Å². The molecule has 41 heavy (non-hydrogen) atoms. The van der Waals surface area contributed by atoms with Crippen molar-refractivity contribution in [2.75, 3.05) is 49.2 Å². The fourth-order valence-corrected chi connectivity index (χ4v) is 6.30. The molecule has 0 N–H and O–H groups in total. The zero-order chi connectivity index (χ0) is 27.9. The molecular weight excluding hydrogens is 516 g/mol. The Morgan fingerprint density at radius 1 is 1.02 bits per heavy atom. The smallest absolute Gasteiger partial charge is 0.213 e. The van der Waals surface area contributed by atoms with Crippen LogP contribution in [0.5, 0.6) is 5.88 Å². The molecule has 10 nitrogen and oxygen atoms in total. The van der Waals surface area contributed by atoms with Gasteiger partial charge in [0.05, 0.1) is 48.5 Å². The molecular formula is C31H34N8O2. The maximum Gasteiger partial charge on any atom is 0.213 e. The molecule has 10 heteroatoms. The maximum atomic E-state index is 9.75. The lowest BCUT2D eigenvalue weighted by Gasteiger charge is -2.56. The monoisotopic (exact) mass is 550 g/mol. The van der Waals surface area contributed by atoms with Crippen LogP contribution in [0.1, 0.15) is 31.4 Å². The fourth-order valence-electron chi connectivity index (χ4n) is 6.30. The van der Waals surface area contributed by atoms with Gasteiger partial charge in [-0.15, -0.1) is 0 Å². The first kappa shape index (κ1) is 25.7. The Hall–Kier alpha value is -4.20. The number of hydrogen-bond donors (Lipinski definition) is 0. The van der Waals surface area contributed by atoms with Crippen molar-refractivity contribution < 1.29 is 9.47 Å². The highest BCUT2D eigenvalue weighted by molar-refractivity contribution is 5.86. The molecule has 2 bridgehead atoms. The number of piperidine rings is 1. The van der Waals surface area contributed by atoms with E-state index in [4.69, 9.17) is 14.5 Å². The van der Waals surface area contributed by atoms with E-state index in [1.54, 1.807) is 6.20 Å². The van der Waals surface area contributed by atoms with Gasteiger partial charge in [0.1, 0.15) is 11.9 Å². The van der Waals surface area contributed by atoms with Crippen LogP contribution in [-0.4, -0.2) is 82.1 Å². The van der Waals surface area contributed by atoms with E-state index in [1.807, 2.05) is 43.0 Å². The molecule has 0 radical (unpaired) electrons. The van der Waals surface area contributed by atoms with Gasteiger partial charge in [0.25, 0.3) is 0 Å². The van der Waals surface area contributed by atoms with Crippen molar-refractivity contribution in [3.63, 3.8) is 0 Å². The Kier molecular flexibility index (Phi) is 6.69. The Morgan fingerprint density at radius 3 is 2.54 bits per heavy atom. The van der Waals surface area contributed by atoms with E-state index < -0.39 is 0 Å². The number of ether oxygens (including phenoxy) is 2. The minimum atomic E-state index is 0.124. The lowest BCUT2D eigenvalue weighted by Crippen LogP contribution is -2.68. The average Bonchev–Trinajstić information content (AvgIpc) is 3.44. The van der Waals surface area contributed by atoms with E-state index in [-0.39, 0.29) is 6.10 Å². The topological polar surface area (TPSA) is 95.1 Å². The minimum absolute atomic E-state index is 0.124. The number of hydrogen-bond acceptors (Lipinski definition) is 9. The fraction of sp³-hybridized carbons (Fsp3) is 0.419. The first-order valence-corrected chi connectivity index (χ1v) is 14.4. The summed E-state index contributed by atoms with van der Waals surface area (Å²) in [5.41, 5.74) is 5.61. The summed E-state index contributed by atoms with van der Waals surface area (Å²) >= 11 is 0. The molecule has 8 heterocycles. The largest absolute Gasteiger partial charge is 0.475 e. The van der Waals surface area contributed by atoms with E-state index in [2.05, 4.69) is 55.1 Å². The quantitative estimate of drug-likeness (QED) is 0.341. The van der Waals surface area contributed by atoms with Crippen LogP contribution in [0, 0.1) is 11.3 Å². The summed E-state index contributed by atoms with van der Waals surface area (Å²) in [4.78, 5) is 16.7. The van der Waals surface area contributed by atoms with Crippen molar-refractivity contribution in [3.8, 4) is 23.1 Å². The van der Waals surface area contributed by atoms with Crippen LogP contribution in [0.25, 0.3) is 16.6 Å². The molecule has 4 aliphatic rings. The highest BCUT2D eigenvalue weighted by Crippen LogP contribution is 2.37. The molecule has 2 atom stereocenters.